The largest absolute Gasteiger partial charge is 0.497 e. The van der Waals surface area contributed by atoms with Gasteiger partial charge in [-0.15, -0.1) is 0 Å². The van der Waals surface area contributed by atoms with Gasteiger partial charge in [0.05, 0.1) is 14.2 Å². The van der Waals surface area contributed by atoms with Crippen LogP contribution in [-0.4, -0.2) is 20.3 Å². The van der Waals surface area contributed by atoms with Crippen molar-refractivity contribution < 1.29 is 14.3 Å². The second kappa shape index (κ2) is 7.73. The number of nitrogens with one attached hydrogen (secondary N) is 2. The Kier molecular flexibility index (Phi) is 5.68. The maximum atomic E-state index is 12.4. The van der Waals surface area contributed by atoms with E-state index in [1.165, 1.54) is 0 Å². The molecule has 5 heteroatoms. The highest BCUT2D eigenvalue weighted by molar-refractivity contribution is 6.01. The number of aryl methyl sites for hydroxylation is 1. The molecule has 2 rings (SSSR count). The molecule has 0 bridgehead atoms. The fourth-order valence-corrected chi connectivity index (χ4v) is 2.50. The number of carbonyl (C=O) groups is 1. The van der Waals surface area contributed by atoms with E-state index in [9.17, 15) is 4.79 Å². The van der Waals surface area contributed by atoms with Gasteiger partial charge < -0.3 is 20.1 Å². The summed E-state index contributed by atoms with van der Waals surface area (Å²) in [5.41, 5.74) is 3.58. The fourth-order valence-electron chi connectivity index (χ4n) is 2.50. The van der Waals surface area contributed by atoms with Crippen molar-refractivity contribution in [3.05, 3.63) is 47.5 Å². The summed E-state index contributed by atoms with van der Waals surface area (Å²) in [5.74, 6) is 1.55. The SMILES string of the molecule is COc1cc(NC(=O)Nc2c(C)cccc2C(C)C)cc(OC)c1. The minimum absolute atomic E-state index is 0.304. The highest BCUT2D eigenvalue weighted by atomic mass is 16.5. The second-order valence-electron chi connectivity index (χ2n) is 5.87. The van der Waals surface area contributed by atoms with Crippen LogP contribution >= 0.6 is 0 Å². The third kappa shape index (κ3) is 4.19. The Hall–Kier alpha value is -2.69. The van der Waals surface area contributed by atoms with Gasteiger partial charge in [0.25, 0.3) is 0 Å². The molecule has 2 N–H and O–H groups in total. The van der Waals surface area contributed by atoms with Crippen molar-refractivity contribution in [1.29, 1.82) is 0 Å². The zero-order chi connectivity index (χ0) is 17.7. The van der Waals surface area contributed by atoms with E-state index in [1.54, 1.807) is 32.4 Å². The molecule has 0 unspecified atom stereocenters. The highest BCUT2D eigenvalue weighted by Crippen LogP contribution is 2.29. The molecule has 2 amide bonds. The normalized spacial score (nSPS) is 10.4. The van der Waals surface area contributed by atoms with E-state index < -0.39 is 0 Å². The van der Waals surface area contributed by atoms with Gasteiger partial charge in [-0.3, -0.25) is 0 Å². The zero-order valence-corrected chi connectivity index (χ0v) is 14.8. The number of ether oxygens (including phenoxy) is 2. The first kappa shape index (κ1) is 17.7. The third-order valence-electron chi connectivity index (χ3n) is 3.77. The van der Waals surface area contributed by atoms with Crippen LogP contribution in [-0.2, 0) is 0 Å². The number of urea groups is 1. The molecular weight excluding hydrogens is 304 g/mol. The summed E-state index contributed by atoms with van der Waals surface area (Å²) in [6.45, 7) is 6.19. The van der Waals surface area contributed by atoms with E-state index in [-0.39, 0.29) is 6.03 Å². The molecule has 0 aliphatic heterocycles. The molecule has 0 saturated carbocycles. The monoisotopic (exact) mass is 328 g/mol. The van der Waals surface area contributed by atoms with Crippen LogP contribution in [0.15, 0.2) is 36.4 Å². The average Bonchev–Trinajstić information content (AvgIpc) is 2.55. The van der Waals surface area contributed by atoms with E-state index in [0.717, 1.165) is 16.8 Å². The molecule has 0 aromatic heterocycles. The van der Waals surface area contributed by atoms with Gasteiger partial charge in [-0.25, -0.2) is 4.79 Å². The fraction of sp³-hybridized carbons (Fsp3) is 0.316. The Morgan fingerprint density at radius 3 is 2.17 bits per heavy atom. The van der Waals surface area contributed by atoms with Gasteiger partial charge in [-0.1, -0.05) is 32.0 Å². The van der Waals surface area contributed by atoms with Crippen molar-refractivity contribution >= 4 is 17.4 Å². The average molecular weight is 328 g/mol. The Morgan fingerprint density at radius 1 is 1.00 bits per heavy atom. The van der Waals surface area contributed by atoms with Crippen molar-refractivity contribution in [3.63, 3.8) is 0 Å². The summed E-state index contributed by atoms with van der Waals surface area (Å²) >= 11 is 0. The lowest BCUT2D eigenvalue weighted by molar-refractivity contribution is 0.262. The Morgan fingerprint density at radius 2 is 1.62 bits per heavy atom. The lowest BCUT2D eigenvalue weighted by Gasteiger charge is -2.17. The van der Waals surface area contributed by atoms with Crippen LogP contribution in [0.25, 0.3) is 0 Å². The van der Waals surface area contributed by atoms with Gasteiger partial charge in [0.2, 0.25) is 0 Å². The van der Waals surface area contributed by atoms with Crippen LogP contribution in [0.2, 0.25) is 0 Å². The molecule has 2 aromatic rings. The minimum atomic E-state index is -0.304. The third-order valence-corrected chi connectivity index (χ3v) is 3.77. The number of anilines is 2. The van der Waals surface area contributed by atoms with Gasteiger partial charge in [0.15, 0.2) is 0 Å². The van der Waals surface area contributed by atoms with Gasteiger partial charge >= 0.3 is 6.03 Å². The van der Waals surface area contributed by atoms with Crippen LogP contribution in [0.5, 0.6) is 11.5 Å². The maximum absolute atomic E-state index is 12.4. The van der Waals surface area contributed by atoms with Gasteiger partial charge in [0.1, 0.15) is 11.5 Å². The Bertz CT molecular complexity index is 704. The summed E-state index contributed by atoms with van der Waals surface area (Å²) in [5, 5.41) is 5.78. The molecule has 0 heterocycles. The first-order valence-corrected chi connectivity index (χ1v) is 7.85. The summed E-state index contributed by atoms with van der Waals surface area (Å²) in [7, 11) is 3.14. The smallest absolute Gasteiger partial charge is 0.323 e. The quantitative estimate of drug-likeness (QED) is 0.830. The molecule has 128 valence electrons. The summed E-state index contributed by atoms with van der Waals surface area (Å²) in [6.07, 6.45) is 0. The van der Waals surface area contributed by atoms with E-state index in [0.29, 0.717) is 23.1 Å². The van der Waals surface area contributed by atoms with Crippen molar-refractivity contribution in [2.45, 2.75) is 26.7 Å². The molecule has 24 heavy (non-hydrogen) atoms. The summed E-state index contributed by atoms with van der Waals surface area (Å²) in [4.78, 5) is 12.4. The molecular formula is C19H24N2O3. The first-order valence-electron chi connectivity index (χ1n) is 7.85. The molecule has 0 saturated heterocycles. The topological polar surface area (TPSA) is 59.6 Å². The molecule has 0 spiro atoms. The number of hydrogen-bond donors (Lipinski definition) is 2. The number of benzene rings is 2. The second-order valence-corrected chi connectivity index (χ2v) is 5.87. The number of methoxy groups -OCH3 is 2. The standard InChI is InChI=1S/C19H24N2O3/c1-12(2)17-8-6-7-13(3)18(17)21-19(22)20-14-9-15(23-4)11-16(10-14)24-5/h6-12H,1-5H3,(H2,20,21,22). The molecule has 5 nitrogen and oxygen atoms in total. The van der Waals surface area contributed by atoms with E-state index >= 15 is 0 Å². The zero-order valence-electron chi connectivity index (χ0n) is 14.8. The van der Waals surface area contributed by atoms with Crippen LogP contribution in [0, 0.1) is 6.92 Å². The molecule has 0 atom stereocenters. The number of para-hydroxylation sites is 1. The van der Waals surface area contributed by atoms with Gasteiger partial charge in [-0.2, -0.15) is 0 Å². The van der Waals surface area contributed by atoms with Crippen LogP contribution in [0.1, 0.15) is 30.9 Å². The van der Waals surface area contributed by atoms with Crippen LogP contribution in [0.4, 0.5) is 16.2 Å². The van der Waals surface area contributed by atoms with E-state index in [4.69, 9.17) is 9.47 Å². The number of amides is 2. The lowest BCUT2D eigenvalue weighted by atomic mass is 9.98. The molecule has 2 aromatic carbocycles. The summed E-state index contributed by atoms with van der Waals surface area (Å²) < 4.78 is 10.4. The Labute approximate surface area is 143 Å². The van der Waals surface area contributed by atoms with Crippen molar-refractivity contribution in [3.8, 4) is 11.5 Å². The lowest BCUT2D eigenvalue weighted by Crippen LogP contribution is -2.21. The summed E-state index contributed by atoms with van der Waals surface area (Å²) in [6, 6.07) is 10.9. The maximum Gasteiger partial charge on any atom is 0.323 e. The van der Waals surface area contributed by atoms with Crippen molar-refractivity contribution in [1.82, 2.24) is 0 Å². The number of rotatable bonds is 5. The van der Waals surface area contributed by atoms with Gasteiger partial charge in [0, 0.05) is 29.6 Å². The minimum Gasteiger partial charge on any atom is -0.497 e. The molecule has 0 aliphatic rings. The van der Waals surface area contributed by atoms with E-state index in [2.05, 4.69) is 24.5 Å². The highest BCUT2D eigenvalue weighted by Gasteiger charge is 2.12. The molecule has 0 fully saturated rings. The predicted molar refractivity (Wildman–Crippen MR) is 97.5 cm³/mol. The predicted octanol–water partition coefficient (Wildman–Crippen LogP) is 4.78. The van der Waals surface area contributed by atoms with Crippen LogP contribution < -0.4 is 20.1 Å². The Balaban J connectivity index is 2.20. The van der Waals surface area contributed by atoms with Crippen molar-refractivity contribution in [2.75, 3.05) is 24.9 Å². The molecule has 0 radical (unpaired) electrons. The van der Waals surface area contributed by atoms with Crippen LogP contribution in [0.3, 0.4) is 0 Å². The number of carbonyl (C=O) groups excluding carboxylic acids is 1. The number of hydrogen-bond acceptors (Lipinski definition) is 3. The van der Waals surface area contributed by atoms with Gasteiger partial charge in [-0.05, 0) is 24.0 Å². The van der Waals surface area contributed by atoms with Crippen molar-refractivity contribution in [2.24, 2.45) is 0 Å². The van der Waals surface area contributed by atoms with E-state index in [1.807, 2.05) is 25.1 Å². The first-order chi connectivity index (χ1) is 11.4. The molecule has 0 aliphatic carbocycles.